The SMILES string of the molecule is CC(CNc1sc(C#N)c(N)c1C(N)=O)c1ccccc1. The van der Waals surface area contributed by atoms with Gasteiger partial charge in [0.15, 0.2) is 0 Å². The van der Waals surface area contributed by atoms with E-state index in [2.05, 4.69) is 12.2 Å². The first-order valence-electron chi connectivity index (χ1n) is 6.45. The quantitative estimate of drug-likeness (QED) is 0.789. The molecule has 1 heterocycles. The van der Waals surface area contributed by atoms with Gasteiger partial charge in [-0.05, 0) is 11.5 Å². The van der Waals surface area contributed by atoms with Crippen molar-refractivity contribution >= 4 is 27.9 Å². The standard InChI is InChI=1S/C15H16N4OS/c1-9(10-5-3-2-4-6-10)8-19-15-12(14(18)20)13(17)11(7-16)21-15/h2-6,9,19H,8,17H2,1H3,(H2,18,20). The fraction of sp³-hybridized carbons (Fsp3) is 0.200. The molecule has 0 saturated heterocycles. The summed E-state index contributed by atoms with van der Waals surface area (Å²) in [6.45, 7) is 2.70. The summed E-state index contributed by atoms with van der Waals surface area (Å²) < 4.78 is 0. The van der Waals surface area contributed by atoms with Gasteiger partial charge in [0.2, 0.25) is 0 Å². The molecule has 0 fully saturated rings. The average Bonchev–Trinajstić information content (AvgIpc) is 2.81. The normalized spacial score (nSPS) is 11.6. The Kier molecular flexibility index (Phi) is 4.45. The second kappa shape index (κ2) is 6.29. The highest BCUT2D eigenvalue weighted by Crippen LogP contribution is 2.35. The van der Waals surface area contributed by atoms with E-state index in [0.717, 1.165) is 11.3 Å². The van der Waals surface area contributed by atoms with Gasteiger partial charge in [0.25, 0.3) is 5.91 Å². The molecule has 0 aliphatic carbocycles. The van der Waals surface area contributed by atoms with Gasteiger partial charge in [-0.2, -0.15) is 5.26 Å². The molecule has 1 unspecified atom stereocenters. The van der Waals surface area contributed by atoms with Crippen LogP contribution in [0.5, 0.6) is 0 Å². The van der Waals surface area contributed by atoms with Crippen LogP contribution in [0.1, 0.15) is 33.6 Å². The molecule has 0 bridgehead atoms. The van der Waals surface area contributed by atoms with Crippen LogP contribution in [0.25, 0.3) is 0 Å². The van der Waals surface area contributed by atoms with Crippen LogP contribution in [0.3, 0.4) is 0 Å². The van der Waals surface area contributed by atoms with Gasteiger partial charge in [-0.15, -0.1) is 11.3 Å². The molecule has 21 heavy (non-hydrogen) atoms. The summed E-state index contributed by atoms with van der Waals surface area (Å²) >= 11 is 1.15. The van der Waals surface area contributed by atoms with Crippen LogP contribution in [0.2, 0.25) is 0 Å². The van der Waals surface area contributed by atoms with Gasteiger partial charge in [-0.25, -0.2) is 0 Å². The van der Waals surface area contributed by atoms with E-state index in [0.29, 0.717) is 16.4 Å². The van der Waals surface area contributed by atoms with Gasteiger partial charge in [-0.1, -0.05) is 37.3 Å². The zero-order chi connectivity index (χ0) is 15.4. The number of hydrogen-bond donors (Lipinski definition) is 3. The van der Waals surface area contributed by atoms with Gasteiger partial charge in [0.05, 0.1) is 11.3 Å². The minimum Gasteiger partial charge on any atom is -0.396 e. The number of carbonyl (C=O) groups excluding carboxylic acids is 1. The Balaban J connectivity index is 2.17. The van der Waals surface area contributed by atoms with Gasteiger partial charge in [0.1, 0.15) is 15.9 Å². The minimum absolute atomic E-state index is 0.157. The topological polar surface area (TPSA) is 105 Å². The first kappa shape index (κ1) is 14.9. The second-order valence-corrected chi connectivity index (χ2v) is 5.74. The van der Waals surface area contributed by atoms with Crippen LogP contribution in [0, 0.1) is 11.3 Å². The molecule has 1 aromatic heterocycles. The van der Waals surface area contributed by atoms with E-state index in [1.165, 1.54) is 5.56 Å². The molecule has 2 rings (SSSR count). The maximum Gasteiger partial charge on any atom is 0.253 e. The highest BCUT2D eigenvalue weighted by Gasteiger charge is 2.20. The fourth-order valence-corrected chi connectivity index (χ4v) is 2.97. The molecule has 0 radical (unpaired) electrons. The number of thiophene rings is 1. The summed E-state index contributed by atoms with van der Waals surface area (Å²) in [5, 5.41) is 12.7. The lowest BCUT2D eigenvalue weighted by Gasteiger charge is -2.13. The summed E-state index contributed by atoms with van der Waals surface area (Å²) in [7, 11) is 0. The van der Waals surface area contributed by atoms with Crippen molar-refractivity contribution in [3.8, 4) is 6.07 Å². The van der Waals surface area contributed by atoms with E-state index < -0.39 is 5.91 Å². The zero-order valence-corrected chi connectivity index (χ0v) is 12.4. The molecule has 5 nitrogen and oxygen atoms in total. The van der Waals surface area contributed by atoms with Crippen LogP contribution < -0.4 is 16.8 Å². The monoisotopic (exact) mass is 300 g/mol. The maximum atomic E-state index is 11.5. The van der Waals surface area contributed by atoms with Crippen LogP contribution in [0.15, 0.2) is 30.3 Å². The van der Waals surface area contributed by atoms with Crippen molar-refractivity contribution in [2.75, 3.05) is 17.6 Å². The van der Waals surface area contributed by atoms with Gasteiger partial charge in [0, 0.05) is 6.54 Å². The van der Waals surface area contributed by atoms with E-state index in [-0.39, 0.29) is 17.2 Å². The maximum absolute atomic E-state index is 11.5. The Labute approximate surface area is 127 Å². The highest BCUT2D eigenvalue weighted by atomic mass is 32.1. The van der Waals surface area contributed by atoms with E-state index >= 15 is 0 Å². The molecule has 5 N–H and O–H groups in total. The zero-order valence-electron chi connectivity index (χ0n) is 11.6. The number of nitriles is 1. The summed E-state index contributed by atoms with van der Waals surface area (Å²) in [4.78, 5) is 11.8. The minimum atomic E-state index is -0.625. The summed E-state index contributed by atoms with van der Waals surface area (Å²) in [6, 6.07) is 12.0. The van der Waals surface area contributed by atoms with Gasteiger partial charge >= 0.3 is 0 Å². The molecule has 1 atom stereocenters. The number of anilines is 2. The van der Waals surface area contributed by atoms with Crippen molar-refractivity contribution in [3.63, 3.8) is 0 Å². The molecule has 0 aliphatic rings. The molecule has 6 heteroatoms. The Morgan fingerprint density at radius 2 is 2.10 bits per heavy atom. The third kappa shape index (κ3) is 3.15. The summed E-state index contributed by atoms with van der Waals surface area (Å²) in [6.07, 6.45) is 0. The van der Waals surface area contributed by atoms with Crippen LogP contribution in [-0.2, 0) is 0 Å². The number of nitrogens with one attached hydrogen (secondary N) is 1. The van der Waals surface area contributed by atoms with Crippen molar-refractivity contribution < 1.29 is 4.79 Å². The predicted octanol–water partition coefficient (Wildman–Crippen LogP) is 2.52. The van der Waals surface area contributed by atoms with Crippen molar-refractivity contribution in [3.05, 3.63) is 46.3 Å². The molecule has 0 saturated carbocycles. The number of nitrogens with two attached hydrogens (primary N) is 2. The predicted molar refractivity (Wildman–Crippen MR) is 85.3 cm³/mol. The van der Waals surface area contributed by atoms with Crippen LogP contribution in [-0.4, -0.2) is 12.5 Å². The molecule has 0 spiro atoms. The molecular formula is C15H16N4OS. The van der Waals surface area contributed by atoms with Crippen LogP contribution in [0.4, 0.5) is 10.7 Å². The molecule has 108 valence electrons. The Morgan fingerprint density at radius 1 is 1.43 bits per heavy atom. The lowest BCUT2D eigenvalue weighted by Crippen LogP contribution is -2.16. The van der Waals surface area contributed by atoms with Crippen molar-refractivity contribution in [2.24, 2.45) is 5.73 Å². The molecular weight excluding hydrogens is 284 g/mol. The molecule has 1 amide bonds. The largest absolute Gasteiger partial charge is 0.396 e. The number of nitrogen functional groups attached to an aromatic ring is 1. The van der Waals surface area contributed by atoms with E-state index in [4.69, 9.17) is 16.7 Å². The highest BCUT2D eigenvalue weighted by molar-refractivity contribution is 7.17. The first-order chi connectivity index (χ1) is 10.0. The Morgan fingerprint density at radius 3 is 2.67 bits per heavy atom. The Bertz CT molecular complexity index is 688. The van der Waals surface area contributed by atoms with E-state index in [9.17, 15) is 4.79 Å². The van der Waals surface area contributed by atoms with Crippen molar-refractivity contribution in [2.45, 2.75) is 12.8 Å². The van der Waals surface area contributed by atoms with Gasteiger partial charge < -0.3 is 16.8 Å². The molecule has 0 aliphatic heterocycles. The van der Waals surface area contributed by atoms with E-state index in [1.54, 1.807) is 0 Å². The van der Waals surface area contributed by atoms with Gasteiger partial charge in [-0.3, -0.25) is 4.79 Å². The third-order valence-electron chi connectivity index (χ3n) is 3.23. The molecule has 2 aromatic rings. The molecule has 1 aromatic carbocycles. The second-order valence-electron chi connectivity index (χ2n) is 4.72. The number of amides is 1. The number of rotatable bonds is 5. The number of primary amides is 1. The van der Waals surface area contributed by atoms with Crippen molar-refractivity contribution in [1.82, 2.24) is 0 Å². The van der Waals surface area contributed by atoms with E-state index in [1.807, 2.05) is 36.4 Å². The first-order valence-corrected chi connectivity index (χ1v) is 7.27. The lowest BCUT2D eigenvalue weighted by atomic mass is 10.0. The summed E-state index contributed by atoms with van der Waals surface area (Å²) in [5.41, 5.74) is 12.7. The lowest BCUT2D eigenvalue weighted by molar-refractivity contribution is 0.100. The van der Waals surface area contributed by atoms with Crippen LogP contribution >= 0.6 is 11.3 Å². The summed E-state index contributed by atoms with van der Waals surface area (Å²) in [5.74, 6) is -0.374. The fourth-order valence-electron chi connectivity index (χ4n) is 2.04. The number of nitrogens with zero attached hydrogens (tertiary/aromatic N) is 1. The van der Waals surface area contributed by atoms with Crippen molar-refractivity contribution in [1.29, 1.82) is 5.26 Å². The Hall–Kier alpha value is -2.52. The smallest absolute Gasteiger partial charge is 0.253 e. The number of benzene rings is 1. The number of carbonyl (C=O) groups is 1. The number of hydrogen-bond acceptors (Lipinski definition) is 5. The third-order valence-corrected chi connectivity index (χ3v) is 4.30. The average molecular weight is 300 g/mol.